The Morgan fingerprint density at radius 3 is 3.05 bits per heavy atom. The van der Waals surface area contributed by atoms with E-state index in [2.05, 4.69) is 22.7 Å². The lowest BCUT2D eigenvalue weighted by atomic mass is 10.1. The van der Waals surface area contributed by atoms with E-state index in [1.54, 1.807) is 0 Å². The van der Waals surface area contributed by atoms with Crippen LogP contribution in [0.25, 0.3) is 0 Å². The van der Waals surface area contributed by atoms with Gasteiger partial charge in [-0.1, -0.05) is 12.1 Å². The Hall–Kier alpha value is -1.50. The summed E-state index contributed by atoms with van der Waals surface area (Å²) in [6, 6.07) is 10.3. The summed E-state index contributed by atoms with van der Waals surface area (Å²) in [6.07, 6.45) is 0.839. The van der Waals surface area contributed by atoms with Crippen LogP contribution in [-0.2, 0) is 13.5 Å². The monoisotopic (exact) mass is 304 g/mol. The highest BCUT2D eigenvalue weighted by Gasteiger charge is 2.28. The van der Waals surface area contributed by atoms with Gasteiger partial charge in [0, 0.05) is 29.8 Å². The Bertz CT molecular complexity index is 628. The van der Waals surface area contributed by atoms with Crippen molar-refractivity contribution in [2.45, 2.75) is 30.4 Å². The van der Waals surface area contributed by atoms with Gasteiger partial charge in [-0.2, -0.15) is 5.10 Å². The molecule has 0 radical (unpaired) electrons. The van der Waals surface area contributed by atoms with Crippen molar-refractivity contribution in [3.8, 4) is 5.75 Å². The summed E-state index contributed by atoms with van der Waals surface area (Å²) in [4.78, 5) is 1.20. The van der Waals surface area contributed by atoms with Gasteiger partial charge < -0.3 is 4.74 Å². The van der Waals surface area contributed by atoms with Crippen LogP contribution >= 0.6 is 11.8 Å². The van der Waals surface area contributed by atoms with Crippen molar-refractivity contribution in [3.63, 3.8) is 0 Å². The minimum absolute atomic E-state index is 0.0464. The number of aromatic nitrogens is 2. The van der Waals surface area contributed by atoms with Crippen molar-refractivity contribution < 1.29 is 4.74 Å². The molecule has 21 heavy (non-hydrogen) atoms. The Labute approximate surface area is 128 Å². The third kappa shape index (κ3) is 3.07. The predicted molar refractivity (Wildman–Crippen MR) is 84.3 cm³/mol. The van der Waals surface area contributed by atoms with E-state index >= 15 is 0 Å². The standard InChI is InChI=1S/C15H20N4OS/c1-10-7-11(19(2)18-10)8-12(17-16)14-9-21-15-6-4-3-5-13(15)20-14/h3-7,12,14,17H,8-9,16H2,1-2H3. The van der Waals surface area contributed by atoms with Crippen molar-refractivity contribution in [1.82, 2.24) is 15.2 Å². The van der Waals surface area contributed by atoms with Gasteiger partial charge >= 0.3 is 0 Å². The quantitative estimate of drug-likeness (QED) is 0.664. The second kappa shape index (κ2) is 6.09. The van der Waals surface area contributed by atoms with Crippen LogP contribution in [0.1, 0.15) is 11.4 Å². The van der Waals surface area contributed by atoms with E-state index in [0.29, 0.717) is 0 Å². The molecule has 0 spiro atoms. The number of hydrogen-bond acceptors (Lipinski definition) is 5. The predicted octanol–water partition coefficient (Wildman–Crippen LogP) is 1.66. The molecule has 2 aromatic rings. The van der Waals surface area contributed by atoms with Gasteiger partial charge in [0.2, 0.25) is 0 Å². The van der Waals surface area contributed by atoms with Crippen LogP contribution in [0.5, 0.6) is 5.75 Å². The van der Waals surface area contributed by atoms with Crippen LogP contribution in [0.3, 0.4) is 0 Å². The number of nitrogens with one attached hydrogen (secondary N) is 1. The Balaban J connectivity index is 1.74. The number of hydrogen-bond donors (Lipinski definition) is 2. The number of nitrogens with zero attached hydrogens (tertiary/aromatic N) is 2. The van der Waals surface area contributed by atoms with E-state index in [0.717, 1.165) is 29.3 Å². The molecule has 1 aromatic heterocycles. The summed E-state index contributed by atoms with van der Waals surface area (Å²) in [5.74, 6) is 7.60. The van der Waals surface area contributed by atoms with Crippen molar-refractivity contribution in [1.29, 1.82) is 0 Å². The van der Waals surface area contributed by atoms with Crippen molar-refractivity contribution >= 4 is 11.8 Å². The molecule has 0 amide bonds. The fraction of sp³-hybridized carbons (Fsp3) is 0.400. The van der Waals surface area contributed by atoms with Gasteiger partial charge in [0.05, 0.1) is 11.7 Å². The number of benzene rings is 1. The molecule has 2 unspecified atom stereocenters. The molecule has 2 heterocycles. The largest absolute Gasteiger partial charge is 0.487 e. The first-order valence-electron chi connectivity index (χ1n) is 7.01. The molecule has 1 aliphatic heterocycles. The van der Waals surface area contributed by atoms with E-state index in [-0.39, 0.29) is 12.1 Å². The maximum atomic E-state index is 6.11. The SMILES string of the molecule is Cc1cc(CC(NN)C2CSc3ccccc3O2)n(C)n1. The van der Waals surface area contributed by atoms with Crippen molar-refractivity contribution in [2.75, 3.05) is 5.75 Å². The third-order valence-corrected chi connectivity index (χ3v) is 4.86. The molecular weight excluding hydrogens is 284 g/mol. The molecule has 0 saturated heterocycles. The number of ether oxygens (including phenoxy) is 1. The van der Waals surface area contributed by atoms with Crippen LogP contribution in [0.4, 0.5) is 0 Å². The zero-order valence-corrected chi connectivity index (χ0v) is 13.1. The molecular formula is C15H20N4OS. The lowest BCUT2D eigenvalue weighted by molar-refractivity contribution is 0.164. The number of para-hydroxylation sites is 1. The fourth-order valence-electron chi connectivity index (χ4n) is 2.61. The second-order valence-corrected chi connectivity index (χ2v) is 6.35. The topological polar surface area (TPSA) is 65.1 Å². The normalized spacial score (nSPS) is 18.9. The summed E-state index contributed by atoms with van der Waals surface area (Å²) in [6.45, 7) is 2.00. The summed E-state index contributed by atoms with van der Waals surface area (Å²) in [5, 5.41) is 4.38. The van der Waals surface area contributed by atoms with Crippen molar-refractivity contribution in [2.24, 2.45) is 12.9 Å². The molecule has 1 aliphatic rings. The third-order valence-electron chi connectivity index (χ3n) is 3.72. The van der Waals surface area contributed by atoms with Crippen LogP contribution in [-0.4, -0.2) is 27.7 Å². The highest BCUT2D eigenvalue weighted by molar-refractivity contribution is 7.99. The summed E-state index contributed by atoms with van der Waals surface area (Å²) >= 11 is 1.82. The van der Waals surface area contributed by atoms with Crippen LogP contribution in [0.2, 0.25) is 0 Å². The fourth-order valence-corrected chi connectivity index (χ4v) is 3.69. The summed E-state index contributed by atoms with van der Waals surface area (Å²) < 4.78 is 8.02. The molecule has 3 N–H and O–H groups in total. The zero-order chi connectivity index (χ0) is 14.8. The first-order valence-corrected chi connectivity index (χ1v) is 8.00. The molecule has 0 bridgehead atoms. The maximum absolute atomic E-state index is 6.11. The number of rotatable bonds is 4. The van der Waals surface area contributed by atoms with E-state index in [9.17, 15) is 0 Å². The lowest BCUT2D eigenvalue weighted by Crippen LogP contribution is -2.50. The molecule has 112 valence electrons. The molecule has 5 nitrogen and oxygen atoms in total. The summed E-state index contributed by atoms with van der Waals surface area (Å²) in [7, 11) is 1.96. The Kier molecular flexibility index (Phi) is 4.19. The Morgan fingerprint density at radius 1 is 1.52 bits per heavy atom. The lowest BCUT2D eigenvalue weighted by Gasteiger charge is -2.31. The average Bonchev–Trinajstić information content (AvgIpc) is 2.82. The number of thioether (sulfide) groups is 1. The molecule has 6 heteroatoms. The highest BCUT2D eigenvalue weighted by atomic mass is 32.2. The van der Waals surface area contributed by atoms with Gasteiger partial charge in [0.15, 0.2) is 0 Å². The van der Waals surface area contributed by atoms with Crippen LogP contribution in [0.15, 0.2) is 35.2 Å². The minimum atomic E-state index is 0.0464. The molecule has 0 fully saturated rings. The number of nitrogens with two attached hydrogens (primary N) is 1. The van der Waals surface area contributed by atoms with Gasteiger partial charge in [-0.25, -0.2) is 0 Å². The Morgan fingerprint density at radius 2 is 2.33 bits per heavy atom. The zero-order valence-electron chi connectivity index (χ0n) is 12.2. The average molecular weight is 304 g/mol. The molecule has 1 aromatic carbocycles. The number of hydrazine groups is 1. The van der Waals surface area contributed by atoms with Gasteiger partial charge in [-0.15, -0.1) is 11.8 Å². The van der Waals surface area contributed by atoms with Crippen LogP contribution < -0.4 is 16.0 Å². The first kappa shape index (κ1) is 14.4. The molecule has 0 saturated carbocycles. The second-order valence-electron chi connectivity index (χ2n) is 5.29. The van der Waals surface area contributed by atoms with Gasteiger partial charge in [-0.05, 0) is 25.1 Å². The number of fused-ring (bicyclic) bond motifs is 1. The van der Waals surface area contributed by atoms with E-state index < -0.39 is 0 Å². The van der Waals surface area contributed by atoms with Gasteiger partial charge in [0.25, 0.3) is 0 Å². The van der Waals surface area contributed by atoms with E-state index in [1.807, 2.05) is 48.6 Å². The molecule has 2 atom stereocenters. The minimum Gasteiger partial charge on any atom is -0.487 e. The van der Waals surface area contributed by atoms with Crippen molar-refractivity contribution in [3.05, 3.63) is 41.7 Å². The number of aryl methyl sites for hydroxylation is 2. The van der Waals surface area contributed by atoms with E-state index in [4.69, 9.17) is 10.6 Å². The van der Waals surface area contributed by atoms with E-state index in [1.165, 1.54) is 4.90 Å². The highest BCUT2D eigenvalue weighted by Crippen LogP contribution is 2.35. The smallest absolute Gasteiger partial charge is 0.133 e. The van der Waals surface area contributed by atoms with Gasteiger partial charge in [-0.3, -0.25) is 16.0 Å². The maximum Gasteiger partial charge on any atom is 0.133 e. The molecule has 0 aliphatic carbocycles. The van der Waals surface area contributed by atoms with Gasteiger partial charge in [0.1, 0.15) is 11.9 Å². The molecule has 3 rings (SSSR count). The summed E-state index contributed by atoms with van der Waals surface area (Å²) in [5.41, 5.74) is 5.08. The van der Waals surface area contributed by atoms with Crippen LogP contribution in [0, 0.1) is 6.92 Å². The first-order chi connectivity index (χ1) is 10.2.